The van der Waals surface area contributed by atoms with Gasteiger partial charge in [0.1, 0.15) is 11.6 Å². The molecule has 0 aliphatic rings. The number of rotatable bonds is 6. The van der Waals surface area contributed by atoms with Crippen molar-refractivity contribution in [1.82, 2.24) is 10.3 Å². The molecule has 6 nitrogen and oxygen atoms in total. The molecule has 150 valence electrons. The van der Waals surface area contributed by atoms with Gasteiger partial charge in [-0.15, -0.1) is 0 Å². The van der Waals surface area contributed by atoms with Crippen molar-refractivity contribution in [3.63, 3.8) is 0 Å². The quantitative estimate of drug-likeness (QED) is 0.596. The van der Waals surface area contributed by atoms with E-state index in [1.165, 1.54) is 19.2 Å². The summed E-state index contributed by atoms with van der Waals surface area (Å²) in [5, 5.41) is 11.9. The lowest BCUT2D eigenvalue weighted by molar-refractivity contribution is 0.103. The molecule has 2 N–H and O–H groups in total. The molecule has 0 bridgehead atoms. The molecule has 0 spiro atoms. The Labute approximate surface area is 165 Å². The van der Waals surface area contributed by atoms with Crippen molar-refractivity contribution >= 4 is 22.6 Å². The van der Waals surface area contributed by atoms with Gasteiger partial charge in [0, 0.05) is 17.1 Å². The fourth-order valence-corrected chi connectivity index (χ4v) is 3.09. The van der Waals surface area contributed by atoms with Crippen LogP contribution in [0, 0.1) is 11.6 Å². The van der Waals surface area contributed by atoms with Crippen LogP contribution in [0.4, 0.5) is 13.6 Å². The van der Waals surface area contributed by atoms with Crippen LogP contribution in [0.5, 0.6) is 5.88 Å². The maximum absolute atomic E-state index is 14.7. The first-order chi connectivity index (χ1) is 13.8. The molecule has 1 heterocycles. The number of pyridine rings is 1. The lowest BCUT2D eigenvalue weighted by Gasteiger charge is -2.14. The van der Waals surface area contributed by atoms with E-state index in [1.54, 1.807) is 25.1 Å². The summed E-state index contributed by atoms with van der Waals surface area (Å²) in [6, 6.07) is 7.40. The van der Waals surface area contributed by atoms with Gasteiger partial charge in [-0.1, -0.05) is 12.1 Å². The molecular weight excluding hydrogens is 382 g/mol. The number of ether oxygens (including phenoxy) is 1. The largest absolute Gasteiger partial charge is 0.478 e. The van der Waals surface area contributed by atoms with Crippen molar-refractivity contribution in [3.05, 3.63) is 70.9 Å². The number of carboxylic acid groups (broad SMARTS) is 1. The van der Waals surface area contributed by atoms with Gasteiger partial charge < -0.3 is 15.2 Å². The number of halogens is 2. The minimum atomic E-state index is -1.33. The van der Waals surface area contributed by atoms with Gasteiger partial charge in [0.2, 0.25) is 5.88 Å². The lowest BCUT2D eigenvalue weighted by atomic mass is 9.95. The zero-order valence-electron chi connectivity index (χ0n) is 15.7. The molecule has 1 atom stereocenters. The standard InChI is InChI=1S/C21H18F2N2O4/c1-3-29-20-15-6-4-5-14(13(15)7-8-24-20)19(26)18-16(22)9-12(10-17(18)23)11(2)25-21(27)28/h4-11,25H,3H2,1-2H3,(H,27,28)/t11-/m1/s1. The highest BCUT2D eigenvalue weighted by Crippen LogP contribution is 2.29. The highest BCUT2D eigenvalue weighted by atomic mass is 19.1. The average Bonchev–Trinajstić information content (AvgIpc) is 2.66. The van der Waals surface area contributed by atoms with Crippen LogP contribution in [-0.2, 0) is 0 Å². The molecule has 2 aromatic carbocycles. The summed E-state index contributed by atoms with van der Waals surface area (Å²) in [6.45, 7) is 3.61. The van der Waals surface area contributed by atoms with E-state index >= 15 is 0 Å². The van der Waals surface area contributed by atoms with Crippen molar-refractivity contribution in [2.45, 2.75) is 19.9 Å². The van der Waals surface area contributed by atoms with E-state index in [9.17, 15) is 18.4 Å². The number of amides is 1. The van der Waals surface area contributed by atoms with Gasteiger partial charge in [0.05, 0.1) is 18.2 Å². The smallest absolute Gasteiger partial charge is 0.405 e. The first-order valence-corrected chi connectivity index (χ1v) is 8.87. The second kappa shape index (κ2) is 8.22. The Hall–Kier alpha value is -3.55. The topological polar surface area (TPSA) is 88.5 Å². The third-order valence-corrected chi connectivity index (χ3v) is 4.43. The fraction of sp³-hybridized carbons (Fsp3) is 0.190. The first-order valence-electron chi connectivity index (χ1n) is 8.87. The maximum Gasteiger partial charge on any atom is 0.405 e. The number of ketones is 1. The number of carbonyl (C=O) groups is 2. The van der Waals surface area contributed by atoms with Gasteiger partial charge in [-0.25, -0.2) is 18.6 Å². The fourth-order valence-electron chi connectivity index (χ4n) is 3.09. The molecule has 0 unspecified atom stereocenters. The molecule has 0 fully saturated rings. The zero-order valence-corrected chi connectivity index (χ0v) is 15.7. The lowest BCUT2D eigenvalue weighted by Crippen LogP contribution is -2.25. The van der Waals surface area contributed by atoms with Gasteiger partial charge in [-0.3, -0.25) is 4.79 Å². The van der Waals surface area contributed by atoms with E-state index < -0.39 is 35.1 Å². The summed E-state index contributed by atoms with van der Waals surface area (Å²) in [5.41, 5.74) is -0.536. The van der Waals surface area contributed by atoms with Crippen LogP contribution in [0.25, 0.3) is 10.8 Å². The molecule has 3 aromatic rings. The van der Waals surface area contributed by atoms with Crippen molar-refractivity contribution in [1.29, 1.82) is 0 Å². The van der Waals surface area contributed by atoms with Gasteiger partial charge in [-0.2, -0.15) is 0 Å². The SMILES string of the molecule is CCOc1nccc2c(C(=O)c3c(F)cc([C@@H](C)NC(=O)O)cc3F)cccc12. The number of nitrogens with zero attached hydrogens (tertiary/aromatic N) is 1. The van der Waals surface area contributed by atoms with Gasteiger partial charge in [-0.05, 0) is 49.1 Å². The number of aromatic nitrogens is 1. The Balaban J connectivity index is 2.07. The number of benzene rings is 2. The summed E-state index contributed by atoms with van der Waals surface area (Å²) in [5.74, 6) is -2.64. The Kier molecular flexibility index (Phi) is 5.72. The van der Waals surface area contributed by atoms with Crippen LogP contribution in [0.3, 0.4) is 0 Å². The number of carbonyl (C=O) groups excluding carboxylic acids is 1. The normalized spacial score (nSPS) is 11.9. The highest BCUT2D eigenvalue weighted by molar-refractivity contribution is 6.17. The zero-order chi connectivity index (χ0) is 21.1. The van der Waals surface area contributed by atoms with Crippen LogP contribution in [0.1, 0.15) is 41.4 Å². The minimum absolute atomic E-state index is 0.0692. The Bertz CT molecular complexity index is 1080. The molecule has 1 aromatic heterocycles. The Morgan fingerprint density at radius 2 is 1.86 bits per heavy atom. The number of hydrogen-bond donors (Lipinski definition) is 2. The average molecular weight is 400 g/mol. The summed E-state index contributed by atoms with van der Waals surface area (Å²) < 4.78 is 34.8. The van der Waals surface area contributed by atoms with E-state index in [2.05, 4.69) is 10.3 Å². The third-order valence-electron chi connectivity index (χ3n) is 4.43. The predicted octanol–water partition coefficient (Wildman–Crippen LogP) is 4.47. The monoisotopic (exact) mass is 400 g/mol. The Morgan fingerprint density at radius 1 is 1.17 bits per heavy atom. The first kappa shape index (κ1) is 20.2. The van der Waals surface area contributed by atoms with Crippen LogP contribution < -0.4 is 10.1 Å². The Morgan fingerprint density at radius 3 is 2.48 bits per heavy atom. The van der Waals surface area contributed by atoms with Gasteiger partial charge in [0.25, 0.3) is 0 Å². The third kappa shape index (κ3) is 4.01. The van der Waals surface area contributed by atoms with Crippen LogP contribution in [0.15, 0.2) is 42.6 Å². The van der Waals surface area contributed by atoms with E-state index in [1.807, 2.05) is 0 Å². The van der Waals surface area contributed by atoms with E-state index in [0.29, 0.717) is 23.3 Å². The predicted molar refractivity (Wildman–Crippen MR) is 102 cm³/mol. The van der Waals surface area contributed by atoms with Crippen molar-refractivity contribution in [2.24, 2.45) is 0 Å². The second-order valence-corrected chi connectivity index (χ2v) is 6.31. The summed E-state index contributed by atoms with van der Waals surface area (Å²) >= 11 is 0. The molecule has 3 rings (SSSR count). The molecule has 0 saturated heterocycles. The van der Waals surface area contributed by atoms with Crippen LogP contribution >= 0.6 is 0 Å². The second-order valence-electron chi connectivity index (χ2n) is 6.31. The van der Waals surface area contributed by atoms with E-state index in [-0.39, 0.29) is 11.1 Å². The summed E-state index contributed by atoms with van der Waals surface area (Å²) in [6.07, 6.45) is 0.132. The molecule has 1 amide bonds. The summed E-state index contributed by atoms with van der Waals surface area (Å²) in [4.78, 5) is 27.8. The molecule has 0 aliphatic heterocycles. The number of nitrogens with one attached hydrogen (secondary N) is 1. The van der Waals surface area contributed by atoms with Crippen LogP contribution in [0.2, 0.25) is 0 Å². The van der Waals surface area contributed by atoms with Crippen molar-refractivity contribution in [2.75, 3.05) is 6.61 Å². The van der Waals surface area contributed by atoms with E-state index in [0.717, 1.165) is 12.1 Å². The van der Waals surface area contributed by atoms with Crippen molar-refractivity contribution < 1.29 is 28.2 Å². The molecule has 0 radical (unpaired) electrons. The molecular formula is C21H18F2N2O4. The minimum Gasteiger partial charge on any atom is -0.478 e. The van der Waals surface area contributed by atoms with E-state index in [4.69, 9.17) is 9.84 Å². The van der Waals surface area contributed by atoms with Gasteiger partial charge in [0.15, 0.2) is 5.78 Å². The maximum atomic E-state index is 14.7. The van der Waals surface area contributed by atoms with Crippen LogP contribution in [-0.4, -0.2) is 28.6 Å². The number of hydrogen-bond acceptors (Lipinski definition) is 4. The highest BCUT2D eigenvalue weighted by Gasteiger charge is 2.24. The van der Waals surface area contributed by atoms with Crippen molar-refractivity contribution in [3.8, 4) is 5.88 Å². The molecule has 0 saturated carbocycles. The summed E-state index contributed by atoms with van der Waals surface area (Å²) in [7, 11) is 0. The molecule has 8 heteroatoms. The molecule has 29 heavy (non-hydrogen) atoms. The molecule has 0 aliphatic carbocycles. The number of fused-ring (bicyclic) bond motifs is 1. The van der Waals surface area contributed by atoms with Gasteiger partial charge >= 0.3 is 6.09 Å².